The van der Waals surface area contributed by atoms with Crippen LogP contribution in [-0.2, 0) is 20.7 Å². The lowest BCUT2D eigenvalue weighted by molar-refractivity contribution is -0.134. The highest BCUT2D eigenvalue weighted by Gasteiger charge is 2.51. The third-order valence-electron chi connectivity index (χ3n) is 5.50. The van der Waals surface area contributed by atoms with E-state index >= 15 is 0 Å². The maximum absolute atomic E-state index is 13.1. The van der Waals surface area contributed by atoms with Crippen LogP contribution in [0.3, 0.4) is 0 Å². The average Bonchev–Trinajstić information content (AvgIpc) is 3.01. The van der Waals surface area contributed by atoms with Gasteiger partial charge in [-0.3, -0.25) is 14.5 Å². The number of carbonyl (C=O) groups is 2. The molecule has 2 aliphatic heterocycles. The van der Waals surface area contributed by atoms with Crippen molar-refractivity contribution in [1.82, 2.24) is 15.5 Å². The molecule has 2 atom stereocenters. The molecule has 2 aliphatic rings. The third-order valence-corrected chi connectivity index (χ3v) is 5.50. The number of nitrogens with one attached hydrogen (secondary N) is 2. The van der Waals surface area contributed by atoms with Gasteiger partial charge in [-0.1, -0.05) is 30.3 Å². The van der Waals surface area contributed by atoms with E-state index in [1.807, 2.05) is 18.2 Å². The van der Waals surface area contributed by atoms with E-state index in [0.717, 1.165) is 38.8 Å². The molecule has 2 saturated heterocycles. The average molecular weight is 359 g/mol. The van der Waals surface area contributed by atoms with Gasteiger partial charge >= 0.3 is 0 Å². The predicted octanol–water partition coefficient (Wildman–Crippen LogP) is 1.10. The largest absolute Gasteiger partial charge is 0.375 e. The fraction of sp³-hybridized carbons (Fsp3) is 0.600. The molecule has 0 saturated carbocycles. The fourth-order valence-electron chi connectivity index (χ4n) is 4.30. The molecular formula is C20H29N3O3. The van der Waals surface area contributed by atoms with Crippen LogP contribution in [0.2, 0.25) is 0 Å². The minimum Gasteiger partial charge on any atom is -0.375 e. The molecule has 2 N–H and O–H groups in total. The van der Waals surface area contributed by atoms with E-state index in [4.69, 9.17) is 4.74 Å². The summed E-state index contributed by atoms with van der Waals surface area (Å²) in [5, 5.41) is 6.16. The quantitative estimate of drug-likeness (QED) is 0.765. The summed E-state index contributed by atoms with van der Waals surface area (Å²) in [5.41, 5.74) is 0.752. The summed E-state index contributed by atoms with van der Waals surface area (Å²) < 4.78 is 4.90. The van der Waals surface area contributed by atoms with Gasteiger partial charge in [-0.15, -0.1) is 0 Å². The zero-order valence-corrected chi connectivity index (χ0v) is 15.5. The summed E-state index contributed by atoms with van der Waals surface area (Å²) in [6.45, 7) is 2.36. The van der Waals surface area contributed by atoms with E-state index in [2.05, 4.69) is 27.7 Å². The van der Waals surface area contributed by atoms with Crippen LogP contribution in [0.1, 0.15) is 31.2 Å². The maximum Gasteiger partial charge on any atom is 0.246 e. The van der Waals surface area contributed by atoms with Gasteiger partial charge in [0.2, 0.25) is 11.8 Å². The zero-order chi connectivity index (χ0) is 18.4. The Bertz CT molecular complexity index is 622. The SMILES string of the molecule is COCC(=O)NC1CN2CCCC[C@]2(C(=O)NCCc2ccccc2)C1. The van der Waals surface area contributed by atoms with Crippen LogP contribution >= 0.6 is 0 Å². The van der Waals surface area contributed by atoms with Crippen molar-refractivity contribution >= 4 is 11.8 Å². The summed E-state index contributed by atoms with van der Waals surface area (Å²) in [6.07, 6.45) is 4.54. The van der Waals surface area contributed by atoms with Gasteiger partial charge in [0.15, 0.2) is 0 Å². The van der Waals surface area contributed by atoms with E-state index in [-0.39, 0.29) is 24.5 Å². The Morgan fingerprint density at radius 1 is 1.27 bits per heavy atom. The monoisotopic (exact) mass is 359 g/mol. The molecule has 0 bridgehead atoms. The Hall–Kier alpha value is -1.92. The molecule has 26 heavy (non-hydrogen) atoms. The van der Waals surface area contributed by atoms with Crippen molar-refractivity contribution in [1.29, 1.82) is 0 Å². The Kier molecular flexibility index (Phi) is 6.27. The highest BCUT2D eigenvalue weighted by Crippen LogP contribution is 2.38. The number of hydrogen-bond donors (Lipinski definition) is 2. The van der Waals surface area contributed by atoms with Crippen molar-refractivity contribution < 1.29 is 14.3 Å². The van der Waals surface area contributed by atoms with Crippen molar-refractivity contribution in [3.63, 3.8) is 0 Å². The highest BCUT2D eigenvalue weighted by atomic mass is 16.5. The van der Waals surface area contributed by atoms with Crippen LogP contribution in [0.15, 0.2) is 30.3 Å². The predicted molar refractivity (Wildman–Crippen MR) is 99.7 cm³/mol. The summed E-state index contributed by atoms with van der Waals surface area (Å²) >= 11 is 0. The second kappa shape index (κ2) is 8.64. The van der Waals surface area contributed by atoms with E-state index < -0.39 is 5.54 Å². The fourth-order valence-corrected chi connectivity index (χ4v) is 4.30. The summed E-state index contributed by atoms with van der Waals surface area (Å²) in [5.74, 6) is -0.00592. The van der Waals surface area contributed by atoms with Gasteiger partial charge in [0.25, 0.3) is 0 Å². The number of nitrogens with zero attached hydrogens (tertiary/aromatic N) is 1. The minimum atomic E-state index is -0.472. The molecular weight excluding hydrogens is 330 g/mol. The van der Waals surface area contributed by atoms with Gasteiger partial charge in [-0.05, 0) is 44.2 Å². The maximum atomic E-state index is 13.1. The standard InChI is InChI=1S/C20H29N3O3/c1-26-15-18(24)22-17-13-20(10-5-6-12-23(20)14-17)19(25)21-11-9-16-7-3-2-4-8-16/h2-4,7-8,17H,5-6,9-15H2,1H3,(H,21,25)(H,22,24)/t17?,20-/m1/s1. The van der Waals surface area contributed by atoms with Gasteiger partial charge < -0.3 is 15.4 Å². The molecule has 3 rings (SSSR count). The van der Waals surface area contributed by atoms with Crippen molar-refractivity contribution in [2.45, 2.75) is 43.7 Å². The molecule has 0 spiro atoms. The van der Waals surface area contributed by atoms with E-state index in [9.17, 15) is 9.59 Å². The Morgan fingerprint density at radius 3 is 2.85 bits per heavy atom. The molecule has 6 heteroatoms. The van der Waals surface area contributed by atoms with Crippen LogP contribution in [0.4, 0.5) is 0 Å². The van der Waals surface area contributed by atoms with Gasteiger partial charge in [-0.25, -0.2) is 0 Å². The van der Waals surface area contributed by atoms with Crippen molar-refractivity contribution in [2.24, 2.45) is 0 Å². The minimum absolute atomic E-state index is 0.00984. The first kappa shape index (κ1) is 18.9. The van der Waals surface area contributed by atoms with Crippen molar-refractivity contribution in [3.05, 3.63) is 35.9 Å². The van der Waals surface area contributed by atoms with Crippen LogP contribution in [0, 0.1) is 0 Å². The van der Waals surface area contributed by atoms with Gasteiger partial charge in [0.05, 0.1) is 0 Å². The van der Waals surface area contributed by atoms with Gasteiger partial charge in [0, 0.05) is 26.2 Å². The summed E-state index contributed by atoms with van der Waals surface area (Å²) in [6, 6.07) is 10.2. The molecule has 2 heterocycles. The second-order valence-corrected chi connectivity index (χ2v) is 7.33. The first-order valence-corrected chi connectivity index (χ1v) is 9.49. The molecule has 142 valence electrons. The molecule has 0 aromatic heterocycles. The van der Waals surface area contributed by atoms with Crippen LogP contribution in [0.25, 0.3) is 0 Å². The molecule has 1 aromatic carbocycles. The Labute approximate surface area is 155 Å². The van der Waals surface area contributed by atoms with E-state index in [1.54, 1.807) is 0 Å². The summed E-state index contributed by atoms with van der Waals surface area (Å²) in [4.78, 5) is 27.2. The molecule has 1 aromatic rings. The Morgan fingerprint density at radius 2 is 2.08 bits per heavy atom. The molecule has 2 fully saturated rings. The highest BCUT2D eigenvalue weighted by molar-refractivity contribution is 5.87. The van der Waals surface area contributed by atoms with E-state index in [0.29, 0.717) is 13.0 Å². The number of fused-ring (bicyclic) bond motifs is 1. The zero-order valence-electron chi connectivity index (χ0n) is 15.5. The molecule has 2 amide bonds. The molecule has 0 aliphatic carbocycles. The smallest absolute Gasteiger partial charge is 0.246 e. The first-order valence-electron chi connectivity index (χ1n) is 9.49. The number of hydrogen-bond acceptors (Lipinski definition) is 4. The lowest BCUT2D eigenvalue weighted by atomic mass is 9.84. The number of ether oxygens (including phenoxy) is 1. The molecule has 1 unspecified atom stereocenters. The number of rotatable bonds is 7. The molecule has 6 nitrogen and oxygen atoms in total. The first-order chi connectivity index (χ1) is 12.6. The summed E-state index contributed by atoms with van der Waals surface area (Å²) in [7, 11) is 1.51. The number of carbonyl (C=O) groups excluding carboxylic acids is 2. The topological polar surface area (TPSA) is 70.7 Å². The number of methoxy groups -OCH3 is 1. The number of amides is 2. The Balaban J connectivity index is 1.59. The number of benzene rings is 1. The van der Waals surface area contributed by atoms with Crippen molar-refractivity contribution in [2.75, 3.05) is 33.4 Å². The van der Waals surface area contributed by atoms with E-state index in [1.165, 1.54) is 12.7 Å². The lowest BCUT2D eigenvalue weighted by Crippen LogP contribution is -2.57. The second-order valence-electron chi connectivity index (χ2n) is 7.33. The van der Waals surface area contributed by atoms with Crippen LogP contribution in [0.5, 0.6) is 0 Å². The third kappa shape index (κ3) is 4.24. The van der Waals surface area contributed by atoms with Crippen LogP contribution < -0.4 is 10.6 Å². The van der Waals surface area contributed by atoms with Gasteiger partial charge in [-0.2, -0.15) is 0 Å². The molecule has 0 radical (unpaired) electrons. The normalized spacial score (nSPS) is 25.5. The van der Waals surface area contributed by atoms with Crippen LogP contribution in [-0.4, -0.2) is 61.6 Å². The lowest BCUT2D eigenvalue weighted by Gasteiger charge is -2.40. The van der Waals surface area contributed by atoms with Gasteiger partial charge in [0.1, 0.15) is 12.1 Å². The number of piperidine rings is 1. The van der Waals surface area contributed by atoms with Crippen molar-refractivity contribution in [3.8, 4) is 0 Å².